The van der Waals surface area contributed by atoms with Crippen LogP contribution in [0.25, 0.3) is 0 Å². The van der Waals surface area contributed by atoms with Crippen molar-refractivity contribution in [3.05, 3.63) is 34.2 Å². The summed E-state index contributed by atoms with van der Waals surface area (Å²) in [5.74, 6) is -0.102. The molecule has 0 unspecified atom stereocenters. The standard InChI is InChI=1S/C11H16N2O2/c1-3-4-7-13(2)11(15)9-5-6-12-10(14)8-9/h5-6,8H,3-4,7H2,1-2H3,(H,12,14). The van der Waals surface area contributed by atoms with Crippen molar-refractivity contribution in [2.45, 2.75) is 19.8 Å². The van der Waals surface area contributed by atoms with Gasteiger partial charge < -0.3 is 9.88 Å². The molecule has 0 radical (unpaired) electrons. The van der Waals surface area contributed by atoms with Crippen LogP contribution in [0.15, 0.2) is 23.1 Å². The van der Waals surface area contributed by atoms with Crippen molar-refractivity contribution < 1.29 is 4.79 Å². The van der Waals surface area contributed by atoms with Crippen LogP contribution in [0.2, 0.25) is 0 Å². The minimum absolute atomic E-state index is 0.102. The van der Waals surface area contributed by atoms with Crippen molar-refractivity contribution in [3.63, 3.8) is 0 Å². The number of aromatic amines is 1. The van der Waals surface area contributed by atoms with Crippen molar-refractivity contribution >= 4 is 5.91 Å². The Morgan fingerprint density at radius 3 is 2.87 bits per heavy atom. The molecule has 0 saturated heterocycles. The number of pyridine rings is 1. The van der Waals surface area contributed by atoms with E-state index in [4.69, 9.17) is 0 Å². The zero-order valence-electron chi connectivity index (χ0n) is 9.12. The van der Waals surface area contributed by atoms with Gasteiger partial charge in [-0.2, -0.15) is 0 Å². The molecule has 0 spiro atoms. The van der Waals surface area contributed by atoms with Crippen LogP contribution in [0.3, 0.4) is 0 Å². The van der Waals surface area contributed by atoms with E-state index in [2.05, 4.69) is 11.9 Å². The molecular formula is C11H16N2O2. The second-order valence-electron chi connectivity index (χ2n) is 3.52. The first-order valence-corrected chi connectivity index (χ1v) is 5.09. The van der Waals surface area contributed by atoms with Gasteiger partial charge in [-0.25, -0.2) is 0 Å². The molecule has 1 aromatic rings. The Balaban J connectivity index is 2.72. The maximum atomic E-state index is 11.8. The second-order valence-corrected chi connectivity index (χ2v) is 3.52. The predicted octanol–water partition coefficient (Wildman–Crippen LogP) is 1.25. The maximum absolute atomic E-state index is 11.8. The van der Waals surface area contributed by atoms with E-state index in [-0.39, 0.29) is 11.5 Å². The molecule has 0 atom stereocenters. The number of carbonyl (C=O) groups is 1. The summed E-state index contributed by atoms with van der Waals surface area (Å²) < 4.78 is 0. The summed E-state index contributed by atoms with van der Waals surface area (Å²) in [6, 6.07) is 2.94. The number of nitrogens with zero attached hydrogens (tertiary/aromatic N) is 1. The Bertz CT molecular complexity index is 384. The Kier molecular flexibility index (Phi) is 4.09. The molecule has 0 saturated carbocycles. The molecule has 0 aromatic carbocycles. The van der Waals surface area contributed by atoms with Crippen LogP contribution in [-0.4, -0.2) is 29.4 Å². The van der Waals surface area contributed by atoms with E-state index in [0.29, 0.717) is 5.56 Å². The third-order valence-corrected chi connectivity index (χ3v) is 2.22. The normalized spacial score (nSPS) is 10.0. The molecule has 82 valence electrons. The summed E-state index contributed by atoms with van der Waals surface area (Å²) in [5.41, 5.74) is 0.196. The zero-order valence-corrected chi connectivity index (χ0v) is 9.12. The summed E-state index contributed by atoms with van der Waals surface area (Å²) in [6.07, 6.45) is 3.52. The van der Waals surface area contributed by atoms with Crippen LogP contribution >= 0.6 is 0 Å². The third kappa shape index (κ3) is 3.23. The summed E-state index contributed by atoms with van der Waals surface area (Å²) in [5, 5.41) is 0. The van der Waals surface area contributed by atoms with E-state index in [1.54, 1.807) is 18.0 Å². The molecule has 1 N–H and O–H groups in total. The highest BCUT2D eigenvalue weighted by molar-refractivity contribution is 5.93. The molecule has 1 amide bonds. The van der Waals surface area contributed by atoms with Crippen LogP contribution in [0.5, 0.6) is 0 Å². The molecule has 4 nitrogen and oxygen atoms in total. The summed E-state index contributed by atoms with van der Waals surface area (Å²) in [4.78, 5) is 26.9. The topological polar surface area (TPSA) is 53.2 Å². The Morgan fingerprint density at radius 1 is 1.53 bits per heavy atom. The van der Waals surface area contributed by atoms with Crippen molar-refractivity contribution in [2.24, 2.45) is 0 Å². The minimum Gasteiger partial charge on any atom is -0.342 e. The van der Waals surface area contributed by atoms with Gasteiger partial charge in [0.2, 0.25) is 5.56 Å². The minimum atomic E-state index is -0.246. The Hall–Kier alpha value is -1.58. The molecule has 0 aliphatic rings. The third-order valence-electron chi connectivity index (χ3n) is 2.22. The highest BCUT2D eigenvalue weighted by atomic mass is 16.2. The zero-order chi connectivity index (χ0) is 11.3. The van der Waals surface area contributed by atoms with Crippen LogP contribution in [0, 0.1) is 0 Å². The molecule has 1 rings (SSSR count). The van der Waals surface area contributed by atoms with E-state index >= 15 is 0 Å². The molecule has 0 fully saturated rings. The highest BCUT2D eigenvalue weighted by Crippen LogP contribution is 2.01. The summed E-state index contributed by atoms with van der Waals surface area (Å²) in [6.45, 7) is 2.80. The van der Waals surface area contributed by atoms with Crippen LogP contribution < -0.4 is 5.56 Å². The lowest BCUT2D eigenvalue weighted by atomic mass is 10.2. The van der Waals surface area contributed by atoms with Crippen LogP contribution in [-0.2, 0) is 0 Å². The number of rotatable bonds is 4. The lowest BCUT2D eigenvalue weighted by Crippen LogP contribution is -2.28. The first-order chi connectivity index (χ1) is 7.15. The van der Waals surface area contributed by atoms with Gasteiger partial charge in [-0.1, -0.05) is 13.3 Å². The van der Waals surface area contributed by atoms with Gasteiger partial charge in [-0.3, -0.25) is 9.59 Å². The number of nitrogens with one attached hydrogen (secondary N) is 1. The molecule has 0 bridgehead atoms. The largest absolute Gasteiger partial charge is 0.342 e. The SMILES string of the molecule is CCCCN(C)C(=O)c1cc[nH]c(=O)c1. The fourth-order valence-corrected chi connectivity index (χ4v) is 1.29. The van der Waals surface area contributed by atoms with Gasteiger partial charge in [0.25, 0.3) is 5.91 Å². The average Bonchev–Trinajstić information content (AvgIpc) is 2.24. The molecule has 0 aliphatic heterocycles. The van der Waals surface area contributed by atoms with Gasteiger partial charge in [0.05, 0.1) is 0 Å². The van der Waals surface area contributed by atoms with E-state index in [1.165, 1.54) is 12.3 Å². The summed E-state index contributed by atoms with van der Waals surface area (Å²) >= 11 is 0. The van der Waals surface area contributed by atoms with E-state index in [1.807, 2.05) is 0 Å². The van der Waals surface area contributed by atoms with E-state index < -0.39 is 0 Å². The van der Waals surface area contributed by atoms with Gasteiger partial charge in [0, 0.05) is 31.4 Å². The lowest BCUT2D eigenvalue weighted by molar-refractivity contribution is 0.0793. The monoisotopic (exact) mass is 208 g/mol. The molecule has 1 heterocycles. The number of hydrogen-bond acceptors (Lipinski definition) is 2. The Labute approximate surface area is 88.9 Å². The highest BCUT2D eigenvalue weighted by Gasteiger charge is 2.10. The van der Waals surface area contributed by atoms with Crippen molar-refractivity contribution in [3.8, 4) is 0 Å². The number of amides is 1. The van der Waals surface area contributed by atoms with Gasteiger partial charge in [0.1, 0.15) is 0 Å². The first kappa shape index (κ1) is 11.5. The number of carbonyl (C=O) groups excluding carboxylic acids is 1. The van der Waals surface area contributed by atoms with Crippen molar-refractivity contribution in [1.82, 2.24) is 9.88 Å². The van der Waals surface area contributed by atoms with Gasteiger partial charge in [-0.05, 0) is 12.5 Å². The molecule has 15 heavy (non-hydrogen) atoms. The number of H-pyrrole nitrogens is 1. The van der Waals surface area contributed by atoms with Crippen molar-refractivity contribution in [1.29, 1.82) is 0 Å². The smallest absolute Gasteiger partial charge is 0.253 e. The van der Waals surface area contributed by atoms with Crippen molar-refractivity contribution in [2.75, 3.05) is 13.6 Å². The van der Waals surface area contributed by atoms with E-state index in [9.17, 15) is 9.59 Å². The second kappa shape index (κ2) is 5.34. The van der Waals surface area contributed by atoms with Crippen LogP contribution in [0.4, 0.5) is 0 Å². The number of unbranched alkanes of at least 4 members (excludes halogenated alkanes) is 1. The molecule has 4 heteroatoms. The number of aromatic nitrogens is 1. The molecular weight excluding hydrogens is 192 g/mol. The fraction of sp³-hybridized carbons (Fsp3) is 0.455. The van der Waals surface area contributed by atoms with E-state index in [0.717, 1.165) is 19.4 Å². The van der Waals surface area contributed by atoms with Crippen LogP contribution in [0.1, 0.15) is 30.1 Å². The first-order valence-electron chi connectivity index (χ1n) is 5.09. The maximum Gasteiger partial charge on any atom is 0.253 e. The van der Waals surface area contributed by atoms with Gasteiger partial charge in [0.15, 0.2) is 0 Å². The van der Waals surface area contributed by atoms with Gasteiger partial charge in [-0.15, -0.1) is 0 Å². The lowest BCUT2D eigenvalue weighted by Gasteiger charge is -2.16. The average molecular weight is 208 g/mol. The predicted molar refractivity (Wildman–Crippen MR) is 58.9 cm³/mol. The fourth-order valence-electron chi connectivity index (χ4n) is 1.29. The molecule has 0 aliphatic carbocycles. The van der Waals surface area contributed by atoms with Gasteiger partial charge >= 0.3 is 0 Å². The Morgan fingerprint density at radius 2 is 2.27 bits per heavy atom. The summed E-state index contributed by atoms with van der Waals surface area (Å²) in [7, 11) is 1.75. The quantitative estimate of drug-likeness (QED) is 0.809. The number of hydrogen-bond donors (Lipinski definition) is 1. The molecule has 1 aromatic heterocycles.